The lowest BCUT2D eigenvalue weighted by Crippen LogP contribution is -2.42. The molecule has 1 aromatic heterocycles. The van der Waals surface area contributed by atoms with Gasteiger partial charge < -0.3 is 15.2 Å². The van der Waals surface area contributed by atoms with Gasteiger partial charge in [0, 0.05) is 38.3 Å². The third-order valence-electron chi connectivity index (χ3n) is 3.52. The average molecular weight is 263 g/mol. The molecule has 6 heteroatoms. The Morgan fingerprint density at radius 1 is 1.26 bits per heavy atom. The second-order valence-corrected chi connectivity index (χ2v) is 4.84. The summed E-state index contributed by atoms with van der Waals surface area (Å²) in [6.45, 7) is 1.05. The summed E-state index contributed by atoms with van der Waals surface area (Å²) in [7, 11) is 1.61. The molecule has 2 heterocycles. The van der Waals surface area contributed by atoms with Gasteiger partial charge in [0.25, 0.3) is 5.91 Å². The molecule has 1 saturated heterocycles. The Balaban J connectivity index is 2.07. The molecule has 102 valence electrons. The third kappa shape index (κ3) is 2.83. The number of hydrogen-bond acceptors (Lipinski definition) is 3. The molecular weight excluding hydrogens is 246 g/mol. The number of amides is 2. The average Bonchev–Trinajstić information content (AvgIpc) is 2.41. The number of rotatable bonds is 2. The highest BCUT2D eigenvalue weighted by molar-refractivity contribution is 5.94. The van der Waals surface area contributed by atoms with Crippen molar-refractivity contribution in [3.8, 4) is 0 Å². The van der Waals surface area contributed by atoms with Crippen LogP contribution in [0.25, 0.3) is 0 Å². The van der Waals surface area contributed by atoms with Crippen molar-refractivity contribution in [2.24, 2.45) is 18.7 Å². The van der Waals surface area contributed by atoms with Crippen LogP contribution in [0.1, 0.15) is 23.2 Å². The molecule has 0 aromatic carbocycles. The maximum atomic E-state index is 12.2. The van der Waals surface area contributed by atoms with Crippen LogP contribution in [0.3, 0.4) is 0 Å². The Morgan fingerprint density at radius 2 is 1.89 bits per heavy atom. The Labute approximate surface area is 110 Å². The molecule has 0 saturated carbocycles. The maximum Gasteiger partial charge on any atom is 0.255 e. The highest BCUT2D eigenvalue weighted by atomic mass is 16.2. The molecule has 2 N–H and O–H groups in total. The van der Waals surface area contributed by atoms with Crippen molar-refractivity contribution < 1.29 is 9.59 Å². The second kappa shape index (κ2) is 5.26. The number of carbonyl (C=O) groups is 2. The SMILES string of the molecule is Cn1cc(C(=O)N2CCC(C(N)=O)CC2)ccc1=O. The Hall–Kier alpha value is -2.11. The predicted molar refractivity (Wildman–Crippen MR) is 69.5 cm³/mol. The molecular formula is C13H17N3O3. The van der Waals surface area contributed by atoms with E-state index in [9.17, 15) is 14.4 Å². The van der Waals surface area contributed by atoms with Crippen molar-refractivity contribution in [2.75, 3.05) is 13.1 Å². The van der Waals surface area contributed by atoms with Gasteiger partial charge in [-0.15, -0.1) is 0 Å². The minimum absolute atomic E-state index is 0.112. The minimum Gasteiger partial charge on any atom is -0.369 e. The van der Waals surface area contributed by atoms with Crippen LogP contribution in [-0.2, 0) is 11.8 Å². The first-order chi connectivity index (χ1) is 8.99. The van der Waals surface area contributed by atoms with Gasteiger partial charge in [0.15, 0.2) is 0 Å². The lowest BCUT2D eigenvalue weighted by molar-refractivity contribution is -0.123. The normalized spacial score (nSPS) is 16.4. The first kappa shape index (κ1) is 13.3. The molecule has 1 aliphatic heterocycles. The van der Waals surface area contributed by atoms with Crippen LogP contribution >= 0.6 is 0 Å². The van der Waals surface area contributed by atoms with E-state index >= 15 is 0 Å². The fraction of sp³-hybridized carbons (Fsp3) is 0.462. The number of nitrogens with zero attached hydrogens (tertiary/aromatic N) is 2. The first-order valence-electron chi connectivity index (χ1n) is 6.24. The van der Waals surface area contributed by atoms with E-state index in [2.05, 4.69) is 0 Å². The molecule has 0 aliphatic carbocycles. The lowest BCUT2D eigenvalue weighted by atomic mass is 9.96. The van der Waals surface area contributed by atoms with Crippen molar-refractivity contribution >= 4 is 11.8 Å². The molecule has 0 atom stereocenters. The fourth-order valence-electron chi connectivity index (χ4n) is 2.27. The van der Waals surface area contributed by atoms with Gasteiger partial charge in [0.05, 0.1) is 5.56 Å². The van der Waals surface area contributed by atoms with Crippen molar-refractivity contribution in [2.45, 2.75) is 12.8 Å². The zero-order valence-electron chi connectivity index (χ0n) is 10.8. The standard InChI is InChI=1S/C13H17N3O3/c1-15-8-10(2-3-11(15)17)13(19)16-6-4-9(5-7-16)12(14)18/h2-3,8-9H,4-7H2,1H3,(H2,14,18). The van der Waals surface area contributed by atoms with Gasteiger partial charge >= 0.3 is 0 Å². The molecule has 19 heavy (non-hydrogen) atoms. The number of primary amides is 1. The van der Waals surface area contributed by atoms with Crippen LogP contribution in [0.4, 0.5) is 0 Å². The number of piperidine rings is 1. The van der Waals surface area contributed by atoms with Crippen LogP contribution in [0.2, 0.25) is 0 Å². The summed E-state index contributed by atoms with van der Waals surface area (Å²) in [5.41, 5.74) is 5.59. The predicted octanol–water partition coefficient (Wildman–Crippen LogP) is -0.277. The van der Waals surface area contributed by atoms with Gasteiger partial charge in [-0.25, -0.2) is 0 Å². The Morgan fingerprint density at radius 3 is 2.42 bits per heavy atom. The van der Waals surface area contributed by atoms with Gasteiger partial charge in [-0.1, -0.05) is 0 Å². The Kier molecular flexibility index (Phi) is 3.69. The molecule has 1 aliphatic rings. The summed E-state index contributed by atoms with van der Waals surface area (Å²) >= 11 is 0. The first-order valence-corrected chi connectivity index (χ1v) is 6.24. The topological polar surface area (TPSA) is 85.4 Å². The largest absolute Gasteiger partial charge is 0.369 e. The van der Waals surface area contributed by atoms with E-state index in [4.69, 9.17) is 5.73 Å². The van der Waals surface area contributed by atoms with E-state index in [0.717, 1.165) is 0 Å². The highest BCUT2D eigenvalue weighted by Crippen LogP contribution is 2.18. The number of nitrogens with two attached hydrogens (primary N) is 1. The van der Waals surface area contributed by atoms with Gasteiger partial charge in [-0.3, -0.25) is 14.4 Å². The molecule has 1 fully saturated rings. The van der Waals surface area contributed by atoms with E-state index in [-0.39, 0.29) is 23.3 Å². The second-order valence-electron chi connectivity index (χ2n) is 4.84. The molecule has 2 amide bonds. The molecule has 0 spiro atoms. The van der Waals surface area contributed by atoms with Crippen molar-refractivity contribution in [1.82, 2.24) is 9.47 Å². The van der Waals surface area contributed by atoms with Crippen LogP contribution in [0, 0.1) is 5.92 Å². The number of pyridine rings is 1. The molecule has 0 radical (unpaired) electrons. The lowest BCUT2D eigenvalue weighted by Gasteiger charge is -2.30. The zero-order valence-corrected chi connectivity index (χ0v) is 10.8. The van der Waals surface area contributed by atoms with Crippen molar-refractivity contribution in [3.63, 3.8) is 0 Å². The van der Waals surface area contributed by atoms with E-state index < -0.39 is 0 Å². The van der Waals surface area contributed by atoms with Gasteiger partial charge in [0.1, 0.15) is 0 Å². The van der Waals surface area contributed by atoms with Gasteiger partial charge in [0.2, 0.25) is 11.5 Å². The number of aromatic nitrogens is 1. The van der Waals surface area contributed by atoms with E-state index in [0.29, 0.717) is 31.5 Å². The van der Waals surface area contributed by atoms with Crippen LogP contribution in [-0.4, -0.2) is 34.4 Å². The quantitative estimate of drug-likeness (QED) is 0.796. The van der Waals surface area contributed by atoms with Crippen LogP contribution < -0.4 is 11.3 Å². The smallest absolute Gasteiger partial charge is 0.255 e. The molecule has 0 unspecified atom stereocenters. The third-order valence-corrected chi connectivity index (χ3v) is 3.52. The van der Waals surface area contributed by atoms with Crippen LogP contribution in [0.15, 0.2) is 23.1 Å². The summed E-state index contributed by atoms with van der Waals surface area (Å²) in [6.07, 6.45) is 2.74. The Bertz CT molecular complexity index is 556. The number of carbonyl (C=O) groups excluding carboxylic acids is 2. The summed E-state index contributed by atoms with van der Waals surface area (Å²) < 4.78 is 1.38. The minimum atomic E-state index is -0.297. The van der Waals surface area contributed by atoms with Crippen molar-refractivity contribution in [3.05, 3.63) is 34.2 Å². The molecule has 1 aromatic rings. The summed E-state index contributed by atoms with van der Waals surface area (Å²) in [5.74, 6) is -0.545. The van der Waals surface area contributed by atoms with Gasteiger partial charge in [-0.05, 0) is 18.9 Å². The van der Waals surface area contributed by atoms with E-state index in [1.807, 2.05) is 0 Å². The number of likely N-dealkylation sites (tertiary alicyclic amines) is 1. The molecule has 2 rings (SSSR count). The maximum absolute atomic E-state index is 12.2. The summed E-state index contributed by atoms with van der Waals surface area (Å²) in [5, 5.41) is 0. The number of aryl methyl sites for hydroxylation is 1. The zero-order chi connectivity index (χ0) is 14.0. The molecule has 6 nitrogen and oxygen atoms in total. The van der Waals surface area contributed by atoms with Gasteiger partial charge in [-0.2, -0.15) is 0 Å². The monoisotopic (exact) mass is 263 g/mol. The molecule has 0 bridgehead atoms. The fourth-order valence-corrected chi connectivity index (χ4v) is 2.27. The highest BCUT2D eigenvalue weighted by Gasteiger charge is 2.26. The van der Waals surface area contributed by atoms with E-state index in [1.165, 1.54) is 22.9 Å². The summed E-state index contributed by atoms with van der Waals surface area (Å²) in [4.78, 5) is 36.3. The number of hydrogen-bond donors (Lipinski definition) is 1. The van der Waals surface area contributed by atoms with E-state index in [1.54, 1.807) is 11.9 Å². The summed E-state index contributed by atoms with van der Waals surface area (Å²) in [6, 6.07) is 2.91. The van der Waals surface area contributed by atoms with Crippen molar-refractivity contribution in [1.29, 1.82) is 0 Å². The van der Waals surface area contributed by atoms with Crippen LogP contribution in [0.5, 0.6) is 0 Å².